The number of benzene rings is 6. The van der Waals surface area contributed by atoms with Gasteiger partial charge in [0.25, 0.3) is 0 Å². The highest BCUT2D eigenvalue weighted by Crippen LogP contribution is 2.73. The molecule has 125 heavy (non-hydrogen) atoms. The minimum absolute atomic E-state index is 0. The molecule has 6 aromatic carbocycles. The predicted molar refractivity (Wildman–Crippen MR) is 469 cm³/mol. The van der Waals surface area contributed by atoms with Crippen molar-refractivity contribution < 1.29 is 95.1 Å². The van der Waals surface area contributed by atoms with Crippen molar-refractivity contribution >= 4 is 95.6 Å². The summed E-state index contributed by atoms with van der Waals surface area (Å²) in [7, 11) is -6.13. The number of halogens is 6. The molecule has 6 heterocycles. The van der Waals surface area contributed by atoms with Gasteiger partial charge < -0.3 is 69.3 Å². The second-order valence-electron chi connectivity index (χ2n) is 33.8. The molecular weight excluding hydrogens is 1690 g/mol. The molecule has 24 nitrogen and oxygen atoms in total. The number of allylic oxidation sites excluding steroid dienone is 1. The Morgan fingerprint density at radius 2 is 0.912 bits per heavy atom. The molecule has 6 amide bonds. The van der Waals surface area contributed by atoms with E-state index in [9.17, 15) is 65.2 Å². The van der Waals surface area contributed by atoms with E-state index in [0.29, 0.717) is 101 Å². The van der Waals surface area contributed by atoms with Gasteiger partial charge in [0.05, 0.1) is 62.1 Å². The summed E-state index contributed by atoms with van der Waals surface area (Å²) < 4.78 is 125. The Morgan fingerprint density at radius 1 is 0.512 bits per heavy atom. The fraction of sp³-hybridized carbons (Fsp3) is 0.462. The van der Waals surface area contributed by atoms with Crippen molar-refractivity contribution in [2.75, 3.05) is 27.3 Å². The summed E-state index contributed by atoms with van der Waals surface area (Å²) in [6.07, 6.45) is 12.8. The zero-order valence-electron chi connectivity index (χ0n) is 69.0. The largest absolute Gasteiger partial charge is 0.495 e. The molecular formula is C93H108Cl2F4N8O16P2. The maximum Gasteiger partial charge on any atom is 0.408 e. The summed E-state index contributed by atoms with van der Waals surface area (Å²) in [5.74, 6) is -5.79. The van der Waals surface area contributed by atoms with Crippen molar-refractivity contribution in [3.05, 3.63) is 190 Å². The first kappa shape index (κ1) is 91.4. The van der Waals surface area contributed by atoms with E-state index in [1.807, 2.05) is 66.7 Å². The first-order valence-corrected chi connectivity index (χ1v) is 47.3. The van der Waals surface area contributed by atoms with Gasteiger partial charge in [0.15, 0.2) is 0 Å². The van der Waals surface area contributed by atoms with Crippen LogP contribution in [0.5, 0.6) is 23.0 Å². The molecule has 4 aliphatic heterocycles. The van der Waals surface area contributed by atoms with Crippen LogP contribution in [0, 0.1) is 35.1 Å². The van der Waals surface area contributed by atoms with Gasteiger partial charge in [-0.2, -0.15) is 0 Å². The van der Waals surface area contributed by atoms with Gasteiger partial charge in [0, 0.05) is 65.3 Å². The lowest BCUT2D eigenvalue weighted by Crippen LogP contribution is -2.55. The van der Waals surface area contributed by atoms with Crippen LogP contribution in [-0.4, -0.2) is 152 Å². The smallest absolute Gasteiger partial charge is 0.408 e. The van der Waals surface area contributed by atoms with Gasteiger partial charge in [-0.25, -0.2) is 37.1 Å². The molecule has 4 aliphatic carbocycles. The van der Waals surface area contributed by atoms with E-state index in [1.165, 1.54) is 36.2 Å². The molecule has 16 rings (SSSR count). The number of fused-ring (bicyclic) bond motifs is 6. The summed E-state index contributed by atoms with van der Waals surface area (Å²) in [5.41, 5.74) is 2.44. The van der Waals surface area contributed by atoms with Crippen LogP contribution in [-0.2, 0) is 50.1 Å². The number of methoxy groups -OCH3 is 2. The van der Waals surface area contributed by atoms with Gasteiger partial charge in [-0.15, -0.1) is 0 Å². The fourth-order valence-electron chi connectivity index (χ4n) is 18.6. The number of carbonyl (C=O) groups excluding carboxylic acids is 6. The van der Waals surface area contributed by atoms with Crippen LogP contribution in [0.25, 0.3) is 44.3 Å². The van der Waals surface area contributed by atoms with Crippen molar-refractivity contribution in [1.82, 2.24) is 41.0 Å². The number of alkyl carbamates (subject to hydrolysis) is 2. The molecule has 12 atom stereocenters. The first-order chi connectivity index (χ1) is 59.7. The average molecular weight is 1800 g/mol. The Morgan fingerprint density at radius 3 is 1.35 bits per heavy atom. The lowest BCUT2D eigenvalue weighted by atomic mass is 10.0. The van der Waals surface area contributed by atoms with Crippen molar-refractivity contribution in [1.29, 1.82) is 0 Å². The topological polar surface area (TPSA) is 313 Å². The van der Waals surface area contributed by atoms with Crippen LogP contribution in [0.3, 0.4) is 0 Å². The highest BCUT2D eigenvalue weighted by molar-refractivity contribution is 7.59. The number of hydrogen-bond acceptors (Lipinski definition) is 16. The normalized spacial score (nSPS) is 25.6. The van der Waals surface area contributed by atoms with Crippen LogP contribution in [0.4, 0.5) is 27.2 Å². The van der Waals surface area contributed by atoms with E-state index in [4.69, 9.17) is 61.6 Å². The first-order valence-electron chi connectivity index (χ1n) is 42.9. The minimum atomic E-state index is -4.59. The van der Waals surface area contributed by atoms with Crippen molar-refractivity contribution in [3.8, 4) is 45.5 Å². The van der Waals surface area contributed by atoms with E-state index in [0.717, 1.165) is 112 Å². The molecule has 2 unspecified atom stereocenters. The Labute approximate surface area is 735 Å². The summed E-state index contributed by atoms with van der Waals surface area (Å²) in [5, 5.41) is 9.59. The summed E-state index contributed by atoms with van der Waals surface area (Å²) in [6.45, 7) is -0.163. The molecule has 7 fully saturated rings. The molecule has 0 spiro atoms. The third-order valence-electron chi connectivity index (χ3n) is 25.5. The number of nitrogens with one attached hydrogen (secondary N) is 4. The Kier molecular flexibility index (Phi) is 29.0. The minimum Gasteiger partial charge on any atom is -0.495 e. The standard InChI is InChI=1S/C46H52ClF2N4O8P.C46H50ClF2N4O8P.CH4.H2/c2*1-59-39-22-21-32-40(24-37(50-42(32)41(39)47)28-13-6-5-7-14-28)60-31-23-38-43(54)52-46(62(57,58)27-33-34(48)18-12-19-35(33)49)25-29(46)15-8-3-2-4-9-20-36(44(55)53(38)26-31)51-45(56)61-30-16-10-11-17-30;;/h5-7,12-14,18-19,21-22,24,29-31,36,38H,2-4,8-11,15-17,20,23,25-27H2,1H3,(H,51,56)(H,52,54)(H,57,58);5-8,12-15,18-19,21-22,24,29-31,36,38H,2-4,9-11,16-17,20,23,25-27H2,1H3,(H,51,56)(H,52,54)(H,57,58);1H4;1H/b;15-8-;;/t2*29-,31-,36+,38+,46+;;/m11../s1/i;;;1+1. The monoisotopic (exact) mass is 1800 g/mol. The highest BCUT2D eigenvalue weighted by Gasteiger charge is 2.68. The molecule has 0 radical (unpaired) electrons. The molecule has 8 aliphatic rings. The second-order valence-corrected chi connectivity index (χ2v) is 39.5. The number of aromatic nitrogens is 2. The van der Waals surface area contributed by atoms with E-state index in [2.05, 4.69) is 21.3 Å². The van der Waals surface area contributed by atoms with Gasteiger partial charge in [0.1, 0.15) is 115 Å². The zero-order chi connectivity index (χ0) is 87.2. The number of nitrogens with zero attached hydrogens (tertiary/aromatic N) is 4. The lowest BCUT2D eigenvalue weighted by molar-refractivity contribution is -0.140. The van der Waals surface area contributed by atoms with Crippen molar-refractivity contribution in [3.63, 3.8) is 0 Å². The van der Waals surface area contributed by atoms with Crippen LogP contribution >= 0.6 is 37.9 Å². The number of rotatable bonds is 18. The maximum absolute atomic E-state index is 14.9. The van der Waals surface area contributed by atoms with Gasteiger partial charge in [-0.1, -0.05) is 161 Å². The highest BCUT2D eigenvalue weighted by atomic mass is 35.5. The van der Waals surface area contributed by atoms with Gasteiger partial charge in [-0.3, -0.25) is 28.3 Å². The molecule has 6 N–H and O–H groups in total. The van der Waals surface area contributed by atoms with Crippen LogP contribution < -0.4 is 40.2 Å². The van der Waals surface area contributed by atoms with Crippen LogP contribution in [0.2, 0.25) is 10.0 Å². The third-order valence-corrected chi connectivity index (χ3v) is 31.5. The van der Waals surface area contributed by atoms with E-state index in [-0.39, 0.29) is 76.3 Å². The Bertz CT molecular complexity index is 5410. The van der Waals surface area contributed by atoms with Crippen LogP contribution in [0.1, 0.15) is 174 Å². The maximum atomic E-state index is 14.9. The molecule has 0 bridgehead atoms. The van der Waals surface area contributed by atoms with Crippen LogP contribution in [0.15, 0.2) is 146 Å². The molecule has 8 aromatic rings. The van der Waals surface area contributed by atoms with Crippen molar-refractivity contribution in [2.24, 2.45) is 11.8 Å². The number of amides is 6. The van der Waals surface area contributed by atoms with Gasteiger partial charge in [-0.05, 0) is 151 Å². The van der Waals surface area contributed by atoms with Crippen molar-refractivity contribution in [2.45, 2.75) is 233 Å². The van der Waals surface area contributed by atoms with E-state index < -0.39 is 156 Å². The molecule has 668 valence electrons. The molecule has 4 saturated carbocycles. The summed E-state index contributed by atoms with van der Waals surface area (Å²) >= 11 is 13.6. The fourth-order valence-corrected chi connectivity index (χ4v) is 24.0. The number of pyridine rings is 2. The SMILES string of the molecule is C.COc1ccc2c(O[C@@H]3C[C@H]4C(=O)N[C@]5(P(=O)(O)Cc6c(F)cccc6F)C[C@H]5/C=C\CCCCC[C@H](NC(=O)OC5CCCC5)C(=O)N4C3)cc(-c3ccccc3)nc2c1Cl.COc1ccc2c(O[C@@H]3C[C@H]4C(=O)N[C@]5(P(=O)(O)Cc6c(F)cccc6F)C[C@H]5CCCCCCC[C@H](NC(=O)OC5CCCC5)C(=O)N4C3)cc(-c3ccccc3)nc2c1Cl.[2HH]. The summed E-state index contributed by atoms with van der Waals surface area (Å²) in [6, 6.07) is 31.3. The Balaban J connectivity index is 0.000000213. The van der Waals surface area contributed by atoms with Gasteiger partial charge in [0.2, 0.25) is 38.4 Å². The Hall–Kier alpha value is -9.82. The number of carbonyl (C=O) groups is 6. The summed E-state index contributed by atoms with van der Waals surface area (Å²) in [4.78, 5) is 122. The number of ether oxygens (including phenoxy) is 6. The zero-order valence-corrected chi connectivity index (χ0v) is 72.3. The van der Waals surface area contributed by atoms with E-state index >= 15 is 0 Å². The number of hydrogen-bond donors (Lipinski definition) is 6. The molecule has 32 heteroatoms. The average Bonchev–Trinajstić information content (AvgIpc) is 1.55. The predicted octanol–water partition coefficient (Wildman–Crippen LogP) is 19.2. The molecule has 3 saturated heterocycles. The van der Waals surface area contributed by atoms with Gasteiger partial charge >= 0.3 is 12.2 Å². The molecule has 2 aromatic heterocycles. The third kappa shape index (κ3) is 20.3. The quantitative estimate of drug-likeness (QED) is 0.0264. The lowest BCUT2D eigenvalue weighted by Gasteiger charge is -2.31. The van der Waals surface area contributed by atoms with E-state index in [1.54, 1.807) is 42.5 Å². The second kappa shape index (κ2) is 39.6.